The molecule has 2 unspecified atom stereocenters. The van der Waals surface area contributed by atoms with E-state index in [9.17, 15) is 0 Å². The van der Waals surface area contributed by atoms with E-state index in [0.29, 0.717) is 0 Å². The molecule has 0 aliphatic heterocycles. The first-order valence-electron chi connectivity index (χ1n) is 6.04. The van der Waals surface area contributed by atoms with E-state index in [2.05, 4.69) is 12.2 Å². The molecule has 2 atom stereocenters. The Morgan fingerprint density at radius 1 is 1.08 bits per heavy atom. The summed E-state index contributed by atoms with van der Waals surface area (Å²) in [7, 11) is 0. The molecule has 74 valence electrons. The lowest BCUT2D eigenvalue weighted by atomic mass is 9.83. The minimum Gasteiger partial charge on any atom is -0.311 e. The first-order chi connectivity index (χ1) is 6.27. The Balaban J connectivity index is 1.46. The number of nitrogens with one attached hydrogen (secondary N) is 1. The lowest BCUT2D eigenvalue weighted by Crippen LogP contribution is -2.35. The van der Waals surface area contributed by atoms with E-state index in [0.717, 1.165) is 23.4 Å². The van der Waals surface area contributed by atoms with Crippen LogP contribution in [0.25, 0.3) is 0 Å². The zero-order valence-corrected chi connectivity index (χ0v) is 8.68. The van der Waals surface area contributed by atoms with Crippen molar-refractivity contribution in [2.24, 2.45) is 11.3 Å². The quantitative estimate of drug-likeness (QED) is 0.687. The van der Waals surface area contributed by atoms with Crippen molar-refractivity contribution in [1.82, 2.24) is 5.32 Å². The Morgan fingerprint density at radius 3 is 2.15 bits per heavy atom. The first-order valence-corrected chi connectivity index (χ1v) is 6.04. The second-order valence-electron chi connectivity index (χ2n) is 5.76. The van der Waals surface area contributed by atoms with Crippen LogP contribution < -0.4 is 5.32 Å². The standard InChI is InChI=1S/C12H21N/c1-9-8-11(9)13-10-2-4-12(5-3-10)6-7-12/h9-11,13H,2-8H2,1H3. The summed E-state index contributed by atoms with van der Waals surface area (Å²) in [6, 6.07) is 1.76. The van der Waals surface area contributed by atoms with Crippen molar-refractivity contribution in [3.8, 4) is 0 Å². The Hall–Kier alpha value is -0.0400. The van der Waals surface area contributed by atoms with Gasteiger partial charge in [0.1, 0.15) is 0 Å². The highest BCUT2D eigenvalue weighted by Crippen LogP contribution is 2.56. The highest BCUT2D eigenvalue weighted by molar-refractivity contribution is 5.00. The topological polar surface area (TPSA) is 12.0 Å². The summed E-state index contributed by atoms with van der Waals surface area (Å²) in [5.74, 6) is 0.969. The average molecular weight is 179 g/mol. The van der Waals surface area contributed by atoms with Gasteiger partial charge in [-0.05, 0) is 56.3 Å². The van der Waals surface area contributed by atoms with Gasteiger partial charge in [0.25, 0.3) is 0 Å². The molecule has 0 aromatic rings. The summed E-state index contributed by atoms with van der Waals surface area (Å²) >= 11 is 0. The van der Waals surface area contributed by atoms with Gasteiger partial charge in [0.2, 0.25) is 0 Å². The zero-order chi connectivity index (χ0) is 8.89. The van der Waals surface area contributed by atoms with Crippen molar-refractivity contribution in [1.29, 1.82) is 0 Å². The van der Waals surface area contributed by atoms with E-state index in [1.807, 2.05) is 0 Å². The fourth-order valence-corrected chi connectivity index (χ4v) is 2.93. The lowest BCUT2D eigenvalue weighted by Gasteiger charge is -2.29. The summed E-state index contributed by atoms with van der Waals surface area (Å²) in [4.78, 5) is 0. The Labute approximate surface area is 81.3 Å². The van der Waals surface area contributed by atoms with E-state index in [1.54, 1.807) is 12.8 Å². The van der Waals surface area contributed by atoms with E-state index in [4.69, 9.17) is 0 Å². The summed E-state index contributed by atoms with van der Waals surface area (Å²) in [5.41, 5.74) is 0.868. The van der Waals surface area contributed by atoms with Crippen molar-refractivity contribution in [2.75, 3.05) is 0 Å². The normalized spacial score (nSPS) is 42.2. The van der Waals surface area contributed by atoms with E-state index < -0.39 is 0 Å². The van der Waals surface area contributed by atoms with Crippen LogP contribution in [0.1, 0.15) is 51.9 Å². The summed E-state index contributed by atoms with van der Waals surface area (Å²) < 4.78 is 0. The van der Waals surface area contributed by atoms with Gasteiger partial charge in [-0.1, -0.05) is 6.92 Å². The molecule has 0 heterocycles. The highest BCUT2D eigenvalue weighted by Gasteiger charge is 2.45. The molecule has 3 aliphatic rings. The molecule has 0 bridgehead atoms. The molecule has 3 saturated carbocycles. The van der Waals surface area contributed by atoms with E-state index in [-0.39, 0.29) is 0 Å². The number of hydrogen-bond donors (Lipinski definition) is 1. The second kappa shape index (κ2) is 2.73. The van der Waals surface area contributed by atoms with Gasteiger partial charge in [-0.2, -0.15) is 0 Å². The molecule has 0 amide bonds. The highest BCUT2D eigenvalue weighted by atomic mass is 15.0. The van der Waals surface area contributed by atoms with Gasteiger partial charge in [0.05, 0.1) is 0 Å². The average Bonchev–Trinajstić information content (AvgIpc) is 3.00. The van der Waals surface area contributed by atoms with Crippen LogP contribution in [0.2, 0.25) is 0 Å². The van der Waals surface area contributed by atoms with Crippen molar-refractivity contribution in [2.45, 2.75) is 64.0 Å². The zero-order valence-electron chi connectivity index (χ0n) is 8.68. The molecule has 0 saturated heterocycles. The maximum atomic E-state index is 3.81. The number of hydrogen-bond acceptors (Lipinski definition) is 1. The maximum absolute atomic E-state index is 3.81. The first kappa shape index (κ1) is 8.28. The predicted molar refractivity (Wildman–Crippen MR) is 54.6 cm³/mol. The minimum absolute atomic E-state index is 0.868. The van der Waals surface area contributed by atoms with Gasteiger partial charge in [0, 0.05) is 12.1 Å². The second-order valence-corrected chi connectivity index (χ2v) is 5.76. The fraction of sp³-hybridized carbons (Fsp3) is 1.00. The van der Waals surface area contributed by atoms with Crippen molar-refractivity contribution in [3.05, 3.63) is 0 Å². The summed E-state index contributed by atoms with van der Waals surface area (Å²) in [6.07, 6.45) is 10.5. The van der Waals surface area contributed by atoms with Crippen LogP contribution in [0.4, 0.5) is 0 Å². The van der Waals surface area contributed by atoms with Crippen LogP contribution in [-0.2, 0) is 0 Å². The molecule has 1 nitrogen and oxygen atoms in total. The minimum atomic E-state index is 0.868. The molecule has 0 aromatic heterocycles. The Kier molecular flexibility index (Phi) is 1.74. The molecule has 0 aromatic carbocycles. The van der Waals surface area contributed by atoms with Crippen LogP contribution in [0.5, 0.6) is 0 Å². The molecule has 1 N–H and O–H groups in total. The van der Waals surface area contributed by atoms with Crippen LogP contribution in [-0.4, -0.2) is 12.1 Å². The predicted octanol–water partition coefficient (Wildman–Crippen LogP) is 2.71. The molecule has 0 radical (unpaired) electrons. The van der Waals surface area contributed by atoms with Crippen LogP contribution in [0.3, 0.4) is 0 Å². The summed E-state index contributed by atoms with van der Waals surface area (Å²) in [6.45, 7) is 2.36. The monoisotopic (exact) mass is 179 g/mol. The third kappa shape index (κ3) is 1.63. The maximum Gasteiger partial charge on any atom is 0.00989 e. The van der Waals surface area contributed by atoms with Gasteiger partial charge < -0.3 is 5.32 Å². The molecule has 13 heavy (non-hydrogen) atoms. The molecule has 1 heteroatoms. The van der Waals surface area contributed by atoms with E-state index >= 15 is 0 Å². The molecule has 1 spiro atoms. The van der Waals surface area contributed by atoms with Gasteiger partial charge in [-0.15, -0.1) is 0 Å². The largest absolute Gasteiger partial charge is 0.311 e. The molecule has 3 rings (SSSR count). The van der Waals surface area contributed by atoms with Crippen molar-refractivity contribution < 1.29 is 0 Å². The third-order valence-electron chi connectivity index (χ3n) is 4.56. The molecule has 3 fully saturated rings. The summed E-state index contributed by atoms with van der Waals surface area (Å²) in [5, 5.41) is 3.81. The van der Waals surface area contributed by atoms with Crippen molar-refractivity contribution >= 4 is 0 Å². The van der Waals surface area contributed by atoms with Gasteiger partial charge >= 0.3 is 0 Å². The smallest absolute Gasteiger partial charge is 0.00989 e. The fourth-order valence-electron chi connectivity index (χ4n) is 2.93. The van der Waals surface area contributed by atoms with Crippen LogP contribution in [0.15, 0.2) is 0 Å². The van der Waals surface area contributed by atoms with E-state index in [1.165, 1.54) is 32.1 Å². The molecular weight excluding hydrogens is 158 g/mol. The SMILES string of the molecule is CC1CC1NC1CCC2(CC1)CC2. The Bertz CT molecular complexity index is 197. The van der Waals surface area contributed by atoms with Gasteiger partial charge in [0.15, 0.2) is 0 Å². The lowest BCUT2D eigenvalue weighted by molar-refractivity contribution is 0.271. The third-order valence-corrected chi connectivity index (χ3v) is 4.56. The van der Waals surface area contributed by atoms with Crippen LogP contribution >= 0.6 is 0 Å². The van der Waals surface area contributed by atoms with Crippen molar-refractivity contribution in [3.63, 3.8) is 0 Å². The van der Waals surface area contributed by atoms with Crippen LogP contribution in [0, 0.1) is 11.3 Å². The molecule has 3 aliphatic carbocycles. The van der Waals surface area contributed by atoms with Gasteiger partial charge in [-0.25, -0.2) is 0 Å². The molecular formula is C12H21N. The van der Waals surface area contributed by atoms with Gasteiger partial charge in [-0.3, -0.25) is 0 Å². The number of rotatable bonds is 2. The Morgan fingerprint density at radius 2 is 1.69 bits per heavy atom.